The number of anilines is 2. The van der Waals surface area contributed by atoms with Crippen LogP contribution < -0.4 is 5.32 Å². The van der Waals surface area contributed by atoms with Gasteiger partial charge in [0.25, 0.3) is 5.92 Å². The molecule has 3 atom stereocenters. The Kier molecular flexibility index (Phi) is 6.69. The van der Waals surface area contributed by atoms with E-state index in [4.69, 9.17) is 0 Å². The third-order valence-corrected chi connectivity index (χ3v) is 9.17. The zero-order chi connectivity index (χ0) is 29.2. The second-order valence-electron chi connectivity index (χ2n) is 12.2. The van der Waals surface area contributed by atoms with E-state index in [1.54, 1.807) is 16.7 Å². The van der Waals surface area contributed by atoms with Gasteiger partial charge in [0.05, 0.1) is 23.3 Å². The summed E-state index contributed by atoms with van der Waals surface area (Å²) >= 11 is 0. The van der Waals surface area contributed by atoms with Crippen molar-refractivity contribution in [2.75, 3.05) is 38.0 Å². The number of hydrogen-bond acceptors (Lipinski definition) is 7. The van der Waals surface area contributed by atoms with Crippen molar-refractivity contribution in [1.29, 1.82) is 0 Å². The van der Waals surface area contributed by atoms with Crippen LogP contribution in [0.4, 0.5) is 24.9 Å². The topological polar surface area (TPSA) is 75.0 Å². The molecule has 0 radical (unpaired) electrons. The number of hydrogen-bond donors (Lipinski definition) is 1. The summed E-state index contributed by atoms with van der Waals surface area (Å²) in [7, 11) is 0. The number of benzene rings is 1. The van der Waals surface area contributed by atoms with Crippen molar-refractivity contribution in [2.45, 2.75) is 52.1 Å². The van der Waals surface area contributed by atoms with Crippen molar-refractivity contribution < 1.29 is 13.2 Å². The highest BCUT2D eigenvalue weighted by molar-refractivity contribution is 5.85. The molecular formula is C31H35F3N8. The van der Waals surface area contributed by atoms with Gasteiger partial charge in [-0.05, 0) is 61.1 Å². The van der Waals surface area contributed by atoms with Crippen LogP contribution in [0.2, 0.25) is 0 Å². The Morgan fingerprint density at radius 1 is 1.00 bits per heavy atom. The minimum atomic E-state index is -2.90. The minimum Gasteiger partial charge on any atom is -0.319 e. The van der Waals surface area contributed by atoms with E-state index in [0.29, 0.717) is 41.1 Å². The number of aryl methyl sites for hydroxylation is 2. The first kappa shape index (κ1) is 27.3. The van der Waals surface area contributed by atoms with Gasteiger partial charge in [-0.2, -0.15) is 0 Å². The van der Waals surface area contributed by atoms with Crippen molar-refractivity contribution in [1.82, 2.24) is 34.3 Å². The maximum Gasteiger partial charge on any atom is 0.265 e. The van der Waals surface area contributed by atoms with Gasteiger partial charge in [-0.15, -0.1) is 0 Å². The van der Waals surface area contributed by atoms with Crippen molar-refractivity contribution >= 4 is 22.8 Å². The highest BCUT2D eigenvalue weighted by Gasteiger charge is 2.41. The predicted octanol–water partition coefficient (Wildman–Crippen LogP) is 5.61. The largest absolute Gasteiger partial charge is 0.319 e. The molecule has 1 aromatic carbocycles. The number of nitrogens with one attached hydrogen (secondary N) is 1. The molecule has 4 aromatic rings. The highest BCUT2D eigenvalue weighted by atomic mass is 19.3. The van der Waals surface area contributed by atoms with Gasteiger partial charge in [0.15, 0.2) is 5.82 Å². The summed E-state index contributed by atoms with van der Waals surface area (Å²) < 4.78 is 45.5. The number of fused-ring (bicyclic) bond motifs is 4. The van der Waals surface area contributed by atoms with Gasteiger partial charge in [0, 0.05) is 57.8 Å². The minimum absolute atomic E-state index is 0.0868. The maximum absolute atomic E-state index is 15.0. The third kappa shape index (κ3) is 4.92. The lowest BCUT2D eigenvalue weighted by atomic mass is 10.0. The van der Waals surface area contributed by atoms with Crippen molar-refractivity contribution in [3.8, 4) is 11.3 Å². The molecule has 1 N–H and O–H groups in total. The summed E-state index contributed by atoms with van der Waals surface area (Å²) in [5.41, 5.74) is 3.71. The first-order valence-electron chi connectivity index (χ1n) is 14.7. The summed E-state index contributed by atoms with van der Waals surface area (Å²) in [4.78, 5) is 22.8. The molecule has 8 nitrogen and oxygen atoms in total. The summed E-state index contributed by atoms with van der Waals surface area (Å²) in [6.45, 7) is 11.7. The molecule has 0 amide bonds. The number of rotatable bonds is 7. The Labute approximate surface area is 243 Å². The van der Waals surface area contributed by atoms with Crippen LogP contribution in [0.1, 0.15) is 43.3 Å². The van der Waals surface area contributed by atoms with E-state index in [-0.39, 0.29) is 11.6 Å². The Morgan fingerprint density at radius 3 is 2.45 bits per heavy atom. The monoisotopic (exact) mass is 576 g/mol. The van der Waals surface area contributed by atoms with Crippen LogP contribution in [0.25, 0.3) is 22.3 Å². The second kappa shape index (κ2) is 10.3. The van der Waals surface area contributed by atoms with E-state index in [9.17, 15) is 8.78 Å². The maximum atomic E-state index is 15.0. The Bertz CT molecular complexity index is 1620. The summed E-state index contributed by atoms with van der Waals surface area (Å²) in [6.07, 6.45) is 3.78. The van der Waals surface area contributed by atoms with Crippen LogP contribution >= 0.6 is 0 Å². The van der Waals surface area contributed by atoms with Crippen molar-refractivity contribution in [2.24, 2.45) is 11.8 Å². The van der Waals surface area contributed by atoms with Gasteiger partial charge in [-0.25, -0.2) is 33.1 Å². The zero-order valence-electron chi connectivity index (χ0n) is 24.1. The number of pyridine rings is 1. The van der Waals surface area contributed by atoms with Gasteiger partial charge in [0.2, 0.25) is 5.95 Å². The Morgan fingerprint density at radius 2 is 1.76 bits per heavy atom. The Hall–Kier alpha value is -3.57. The molecule has 2 unspecified atom stereocenters. The van der Waals surface area contributed by atoms with Crippen LogP contribution in [-0.4, -0.2) is 72.9 Å². The standard InChI is InChI=1S/C31H35F3N8/c1-4-40-14-21-16-41(17-22(21)15-40)13-19-5-7-26(35-11-19)37-30-36-12-23(32)29(39-30)20-9-18(2)28-24(10-20)42-25(31(3,33)34)6-8-27(42)38-28/h5,7,9-12,21-22,25H,4,6,8,13-17H2,1-3H3,(H,35,36,37,39)/t21?,22?,25-/m0/s1. The molecule has 220 valence electrons. The Balaban J connectivity index is 1.09. The van der Waals surface area contributed by atoms with E-state index in [2.05, 4.69) is 42.0 Å². The molecule has 3 aliphatic heterocycles. The number of alkyl halides is 2. The van der Waals surface area contributed by atoms with E-state index in [1.807, 2.05) is 25.3 Å². The number of likely N-dealkylation sites (tertiary alicyclic amines) is 2. The first-order valence-corrected chi connectivity index (χ1v) is 14.7. The zero-order valence-corrected chi connectivity index (χ0v) is 24.1. The summed E-state index contributed by atoms with van der Waals surface area (Å²) in [5.74, 6) is -0.581. The van der Waals surface area contributed by atoms with Gasteiger partial charge >= 0.3 is 0 Å². The predicted molar refractivity (Wildman–Crippen MR) is 155 cm³/mol. The highest BCUT2D eigenvalue weighted by Crippen LogP contribution is 2.42. The number of nitrogens with zero attached hydrogens (tertiary/aromatic N) is 7. The fraction of sp³-hybridized carbons (Fsp3) is 0.484. The molecule has 0 bridgehead atoms. The van der Waals surface area contributed by atoms with E-state index >= 15 is 4.39 Å². The van der Waals surface area contributed by atoms with Gasteiger partial charge in [-0.1, -0.05) is 13.0 Å². The molecule has 11 heteroatoms. The van der Waals surface area contributed by atoms with Crippen LogP contribution in [0.15, 0.2) is 36.7 Å². The molecule has 42 heavy (non-hydrogen) atoms. The van der Waals surface area contributed by atoms with Crippen molar-refractivity contribution in [3.63, 3.8) is 0 Å². The molecule has 0 saturated carbocycles. The number of imidazole rings is 1. The van der Waals surface area contributed by atoms with Crippen LogP contribution in [-0.2, 0) is 13.0 Å². The third-order valence-electron chi connectivity index (χ3n) is 9.17. The molecule has 6 heterocycles. The fourth-order valence-electron chi connectivity index (χ4n) is 7.12. The van der Waals surface area contributed by atoms with E-state index in [0.717, 1.165) is 62.3 Å². The summed E-state index contributed by atoms with van der Waals surface area (Å²) in [5, 5.41) is 3.09. The van der Waals surface area contributed by atoms with E-state index in [1.165, 1.54) is 13.1 Å². The fourth-order valence-corrected chi connectivity index (χ4v) is 7.12. The molecule has 2 saturated heterocycles. The lowest BCUT2D eigenvalue weighted by Crippen LogP contribution is -2.28. The molecular weight excluding hydrogens is 541 g/mol. The van der Waals surface area contributed by atoms with E-state index < -0.39 is 17.8 Å². The smallest absolute Gasteiger partial charge is 0.265 e. The van der Waals surface area contributed by atoms with Gasteiger partial charge in [-0.3, -0.25) is 4.90 Å². The average Bonchev–Trinajstić information content (AvgIpc) is 3.70. The molecule has 3 aliphatic rings. The van der Waals surface area contributed by atoms with Crippen LogP contribution in [0, 0.1) is 24.6 Å². The van der Waals surface area contributed by atoms with Crippen LogP contribution in [0.5, 0.6) is 0 Å². The molecule has 7 rings (SSSR count). The summed E-state index contributed by atoms with van der Waals surface area (Å²) in [6, 6.07) is 6.44. The van der Waals surface area contributed by atoms with Crippen LogP contribution in [0.3, 0.4) is 0 Å². The first-order chi connectivity index (χ1) is 20.2. The molecule has 3 aromatic heterocycles. The van der Waals surface area contributed by atoms with Gasteiger partial charge < -0.3 is 14.8 Å². The number of halogens is 3. The molecule has 2 fully saturated rings. The number of aromatic nitrogens is 5. The quantitative estimate of drug-likeness (QED) is 0.307. The molecule has 0 aliphatic carbocycles. The SMILES string of the molecule is CCN1CC2CN(Cc3ccc(Nc4ncc(F)c(-c5cc(C)c6nc7n(c6c5)[C@H](C(C)(F)F)CC7)n4)nc3)CC2C1. The molecule has 0 spiro atoms. The normalized spacial score (nSPS) is 22.7. The van der Waals surface area contributed by atoms with Gasteiger partial charge in [0.1, 0.15) is 17.3 Å². The lowest BCUT2D eigenvalue weighted by molar-refractivity contribution is -0.0285. The second-order valence-corrected chi connectivity index (χ2v) is 12.2. The lowest BCUT2D eigenvalue weighted by Gasteiger charge is -2.21. The van der Waals surface area contributed by atoms with Crippen molar-refractivity contribution in [3.05, 3.63) is 59.4 Å². The average molecular weight is 577 g/mol.